The van der Waals surface area contributed by atoms with Gasteiger partial charge in [-0.05, 0) is 50.8 Å². The molecule has 0 saturated heterocycles. The molecule has 1 amide bonds. The van der Waals surface area contributed by atoms with Crippen molar-refractivity contribution in [3.63, 3.8) is 0 Å². The molecule has 6 nitrogen and oxygen atoms in total. The lowest BCUT2D eigenvalue weighted by Gasteiger charge is -2.19. The Balaban J connectivity index is 1.79. The van der Waals surface area contributed by atoms with Crippen molar-refractivity contribution in [2.75, 3.05) is 26.0 Å². The minimum atomic E-state index is -0.0310. The fraction of sp³-hybridized carbons (Fsp3) is 0.458. The van der Waals surface area contributed by atoms with Gasteiger partial charge in [0.2, 0.25) is 5.91 Å². The Kier molecular flexibility index (Phi) is 8.51. The minimum Gasteiger partial charge on any atom is -0.382 e. The molecule has 0 fully saturated rings. The fourth-order valence-electron chi connectivity index (χ4n) is 3.45. The van der Waals surface area contributed by atoms with E-state index in [2.05, 4.69) is 0 Å². The van der Waals surface area contributed by atoms with E-state index < -0.39 is 0 Å². The van der Waals surface area contributed by atoms with E-state index in [9.17, 15) is 9.59 Å². The molecule has 2 aromatic heterocycles. The molecule has 0 spiro atoms. The first-order chi connectivity index (χ1) is 15.3. The molecule has 172 valence electrons. The zero-order valence-corrected chi connectivity index (χ0v) is 21.1. The van der Waals surface area contributed by atoms with E-state index in [1.165, 1.54) is 28.7 Å². The molecule has 1 aromatic carbocycles. The quantitative estimate of drug-likeness (QED) is 0.245. The molecule has 0 bridgehead atoms. The van der Waals surface area contributed by atoms with Crippen LogP contribution in [0.15, 0.2) is 34.2 Å². The summed E-state index contributed by atoms with van der Waals surface area (Å²) in [7, 11) is 1.81. The molecule has 0 N–H and O–H groups in total. The van der Waals surface area contributed by atoms with Gasteiger partial charge >= 0.3 is 0 Å². The number of thioether (sulfide) groups is 1. The Morgan fingerprint density at radius 2 is 2.00 bits per heavy atom. The number of thiophene rings is 1. The first kappa shape index (κ1) is 24.5. The Hall–Kier alpha value is -2.16. The zero-order valence-electron chi connectivity index (χ0n) is 19.4. The first-order valence-corrected chi connectivity index (χ1v) is 12.6. The van der Waals surface area contributed by atoms with Crippen molar-refractivity contribution >= 4 is 39.2 Å². The number of hydrogen-bond acceptors (Lipinski definition) is 6. The Morgan fingerprint density at radius 3 is 2.72 bits per heavy atom. The molecule has 2 heterocycles. The second kappa shape index (κ2) is 11.1. The molecule has 3 aromatic rings. The van der Waals surface area contributed by atoms with Crippen LogP contribution in [0.1, 0.15) is 34.9 Å². The largest absolute Gasteiger partial charge is 0.382 e. The van der Waals surface area contributed by atoms with E-state index in [-0.39, 0.29) is 17.2 Å². The number of aromatic nitrogens is 2. The molecule has 3 rings (SSSR count). The van der Waals surface area contributed by atoms with Gasteiger partial charge in [-0.3, -0.25) is 14.2 Å². The molecule has 8 heteroatoms. The number of aryl methyl sites for hydroxylation is 3. The predicted octanol–water partition coefficient (Wildman–Crippen LogP) is 4.56. The van der Waals surface area contributed by atoms with Crippen LogP contribution < -0.4 is 5.56 Å². The van der Waals surface area contributed by atoms with Crippen molar-refractivity contribution in [1.82, 2.24) is 14.5 Å². The average Bonchev–Trinajstić information content (AvgIpc) is 3.06. The number of hydrogen-bond donors (Lipinski definition) is 0. The number of carbonyl (C=O) groups is 1. The lowest BCUT2D eigenvalue weighted by atomic mass is 10.1. The van der Waals surface area contributed by atoms with Crippen molar-refractivity contribution in [2.45, 2.75) is 52.4 Å². The molecule has 0 aliphatic carbocycles. The van der Waals surface area contributed by atoms with Gasteiger partial charge in [0.15, 0.2) is 5.16 Å². The smallest absolute Gasteiger partial charge is 0.263 e. The van der Waals surface area contributed by atoms with Crippen LogP contribution >= 0.6 is 23.1 Å². The number of amides is 1. The number of ether oxygens (including phenoxy) is 1. The second-order valence-electron chi connectivity index (χ2n) is 7.83. The van der Waals surface area contributed by atoms with Gasteiger partial charge in [-0.2, -0.15) is 0 Å². The lowest BCUT2D eigenvalue weighted by Crippen LogP contribution is -2.29. The molecule has 0 radical (unpaired) electrons. The summed E-state index contributed by atoms with van der Waals surface area (Å²) in [6.07, 6.45) is 0.720. The van der Waals surface area contributed by atoms with Crippen molar-refractivity contribution in [3.8, 4) is 0 Å². The number of nitrogens with zero attached hydrogens (tertiary/aromatic N) is 3. The number of carbonyl (C=O) groups excluding carboxylic acids is 1. The SMILES string of the molecule is CCOCCCn1c(SCC(=O)N(C)Cc2ccccc2C)nc2sc(C)c(C)c2c1=O. The predicted molar refractivity (Wildman–Crippen MR) is 133 cm³/mol. The highest BCUT2D eigenvalue weighted by molar-refractivity contribution is 7.99. The monoisotopic (exact) mass is 473 g/mol. The summed E-state index contributed by atoms with van der Waals surface area (Å²) < 4.78 is 7.15. The standard InChI is InChI=1S/C24H31N3O3S2/c1-6-30-13-9-12-27-23(29)21-17(3)18(4)32-22(21)25-24(27)31-15-20(28)26(5)14-19-11-8-7-10-16(19)2/h7-8,10-11H,6,9,12-15H2,1-5H3. The van der Waals surface area contributed by atoms with Crippen LogP contribution in [-0.4, -0.2) is 46.4 Å². The van der Waals surface area contributed by atoms with Crippen LogP contribution in [0.25, 0.3) is 10.2 Å². The maximum atomic E-state index is 13.3. The summed E-state index contributed by atoms with van der Waals surface area (Å²) in [6, 6.07) is 8.07. The summed E-state index contributed by atoms with van der Waals surface area (Å²) >= 11 is 2.87. The van der Waals surface area contributed by atoms with Crippen LogP contribution in [0.5, 0.6) is 0 Å². The normalized spacial score (nSPS) is 11.3. The average molecular weight is 474 g/mol. The van der Waals surface area contributed by atoms with Gasteiger partial charge in [0.1, 0.15) is 4.83 Å². The third-order valence-corrected chi connectivity index (χ3v) is 7.61. The number of rotatable bonds is 10. The van der Waals surface area contributed by atoms with Gasteiger partial charge in [-0.25, -0.2) is 4.98 Å². The Bertz CT molecular complexity index is 1150. The minimum absolute atomic E-state index is 0.00649. The topological polar surface area (TPSA) is 64.4 Å². The van der Waals surface area contributed by atoms with Crippen molar-refractivity contribution in [2.24, 2.45) is 0 Å². The number of fused-ring (bicyclic) bond motifs is 1. The van der Waals surface area contributed by atoms with Crippen LogP contribution in [0.2, 0.25) is 0 Å². The van der Waals surface area contributed by atoms with Gasteiger partial charge < -0.3 is 9.64 Å². The van der Waals surface area contributed by atoms with Crippen LogP contribution in [0.3, 0.4) is 0 Å². The van der Waals surface area contributed by atoms with Gasteiger partial charge in [0.25, 0.3) is 5.56 Å². The van der Waals surface area contributed by atoms with E-state index in [4.69, 9.17) is 9.72 Å². The van der Waals surface area contributed by atoms with Gasteiger partial charge in [-0.1, -0.05) is 36.0 Å². The molecule has 0 saturated carbocycles. The molecule has 0 unspecified atom stereocenters. The van der Waals surface area contributed by atoms with Crippen LogP contribution in [-0.2, 0) is 22.6 Å². The van der Waals surface area contributed by atoms with Crippen molar-refractivity contribution in [1.29, 1.82) is 0 Å². The van der Waals surface area contributed by atoms with Crippen molar-refractivity contribution < 1.29 is 9.53 Å². The Labute approximate surface area is 197 Å². The maximum absolute atomic E-state index is 13.3. The summed E-state index contributed by atoms with van der Waals surface area (Å²) in [4.78, 5) is 34.5. The summed E-state index contributed by atoms with van der Waals surface area (Å²) in [5, 5.41) is 1.29. The van der Waals surface area contributed by atoms with Gasteiger partial charge in [0.05, 0.1) is 11.1 Å². The van der Waals surface area contributed by atoms with E-state index >= 15 is 0 Å². The number of benzene rings is 1. The fourth-order valence-corrected chi connectivity index (χ4v) is 5.49. The molecule has 0 aliphatic rings. The molecule has 32 heavy (non-hydrogen) atoms. The van der Waals surface area contributed by atoms with E-state index in [1.54, 1.807) is 9.47 Å². The Morgan fingerprint density at radius 1 is 1.25 bits per heavy atom. The zero-order chi connectivity index (χ0) is 23.3. The summed E-state index contributed by atoms with van der Waals surface area (Å²) in [5.41, 5.74) is 3.26. The van der Waals surface area contributed by atoms with Gasteiger partial charge in [0, 0.05) is 38.2 Å². The van der Waals surface area contributed by atoms with Crippen LogP contribution in [0.4, 0.5) is 0 Å². The molecular weight excluding hydrogens is 442 g/mol. The molecule has 0 atom stereocenters. The lowest BCUT2D eigenvalue weighted by molar-refractivity contribution is -0.127. The summed E-state index contributed by atoms with van der Waals surface area (Å²) in [5.74, 6) is 0.238. The molecular formula is C24H31N3O3S2. The van der Waals surface area contributed by atoms with E-state index in [1.807, 2.05) is 59.0 Å². The third-order valence-electron chi connectivity index (χ3n) is 5.55. The second-order valence-corrected chi connectivity index (χ2v) is 9.98. The van der Waals surface area contributed by atoms with Gasteiger partial charge in [-0.15, -0.1) is 11.3 Å². The highest BCUT2D eigenvalue weighted by Gasteiger charge is 2.18. The first-order valence-electron chi connectivity index (χ1n) is 10.8. The van der Waals surface area contributed by atoms with E-state index in [0.29, 0.717) is 36.8 Å². The third kappa shape index (κ3) is 5.60. The highest BCUT2D eigenvalue weighted by atomic mass is 32.2. The van der Waals surface area contributed by atoms with Crippen molar-refractivity contribution in [3.05, 3.63) is 56.2 Å². The summed E-state index contributed by atoms with van der Waals surface area (Å²) in [6.45, 7) is 10.3. The van der Waals surface area contributed by atoms with E-state index in [0.717, 1.165) is 27.3 Å². The van der Waals surface area contributed by atoms with Crippen LogP contribution in [0, 0.1) is 20.8 Å². The highest BCUT2D eigenvalue weighted by Crippen LogP contribution is 2.28. The molecule has 0 aliphatic heterocycles. The maximum Gasteiger partial charge on any atom is 0.263 e.